The summed E-state index contributed by atoms with van der Waals surface area (Å²) in [4.78, 5) is 11.0. The highest BCUT2D eigenvalue weighted by Crippen LogP contribution is 2.30. The van der Waals surface area contributed by atoms with Crippen LogP contribution < -0.4 is 0 Å². The van der Waals surface area contributed by atoms with Crippen molar-refractivity contribution < 1.29 is 18.3 Å². The van der Waals surface area contributed by atoms with Crippen molar-refractivity contribution >= 4 is 27.3 Å². The molecule has 0 spiro atoms. The molecule has 0 unspecified atom stereocenters. The molecule has 5 nitrogen and oxygen atoms in total. The van der Waals surface area contributed by atoms with Crippen molar-refractivity contribution in [3.05, 3.63) is 15.8 Å². The molecule has 100 valence electrons. The lowest BCUT2D eigenvalue weighted by Gasteiger charge is -2.26. The highest BCUT2D eigenvalue weighted by molar-refractivity contribution is 7.89. The summed E-state index contributed by atoms with van der Waals surface area (Å²) < 4.78 is 26.3. The molecule has 0 bridgehead atoms. The molecule has 1 aromatic heterocycles. The number of sulfonamides is 1. The zero-order valence-electron chi connectivity index (χ0n) is 10.0. The lowest BCUT2D eigenvalue weighted by atomic mass is 10.2. The Morgan fingerprint density at radius 2 is 1.94 bits per heavy atom. The summed E-state index contributed by atoms with van der Waals surface area (Å²) in [6, 6.07) is 0. The van der Waals surface area contributed by atoms with E-state index in [2.05, 4.69) is 0 Å². The molecule has 0 saturated carbocycles. The van der Waals surface area contributed by atoms with Gasteiger partial charge in [-0.15, -0.1) is 11.3 Å². The maximum atomic E-state index is 12.5. The molecule has 0 amide bonds. The molecule has 0 radical (unpaired) electrons. The van der Waals surface area contributed by atoms with Crippen LogP contribution in [0.2, 0.25) is 0 Å². The SMILES string of the molecule is Cc1csc(C(=O)O)c1S(=O)(=O)N1CCCCC1. The fraction of sp³-hybridized carbons (Fsp3) is 0.545. The van der Waals surface area contributed by atoms with E-state index in [9.17, 15) is 13.2 Å². The molecule has 2 rings (SSSR count). The predicted octanol–water partition coefficient (Wildman–Crippen LogP) is 1.93. The average molecular weight is 289 g/mol. The van der Waals surface area contributed by atoms with E-state index in [4.69, 9.17) is 5.11 Å². The van der Waals surface area contributed by atoms with Crippen LogP contribution in [0.15, 0.2) is 10.3 Å². The van der Waals surface area contributed by atoms with Crippen molar-refractivity contribution in [1.29, 1.82) is 0 Å². The highest BCUT2D eigenvalue weighted by atomic mass is 32.2. The number of rotatable bonds is 3. The Balaban J connectivity index is 2.46. The molecule has 7 heteroatoms. The molecule has 0 atom stereocenters. The maximum absolute atomic E-state index is 12.5. The minimum Gasteiger partial charge on any atom is -0.477 e. The van der Waals surface area contributed by atoms with Crippen LogP contribution in [-0.4, -0.2) is 36.9 Å². The van der Waals surface area contributed by atoms with Gasteiger partial charge in [0.1, 0.15) is 9.77 Å². The van der Waals surface area contributed by atoms with Crippen molar-refractivity contribution in [2.75, 3.05) is 13.1 Å². The van der Waals surface area contributed by atoms with Crippen molar-refractivity contribution in [3.63, 3.8) is 0 Å². The van der Waals surface area contributed by atoms with E-state index in [1.165, 1.54) is 4.31 Å². The summed E-state index contributed by atoms with van der Waals surface area (Å²) >= 11 is 0.970. The topological polar surface area (TPSA) is 74.7 Å². The minimum absolute atomic E-state index is 0.0260. The summed E-state index contributed by atoms with van der Waals surface area (Å²) in [5.41, 5.74) is 0.517. The van der Waals surface area contributed by atoms with Crippen molar-refractivity contribution in [2.45, 2.75) is 31.1 Å². The first-order chi connectivity index (χ1) is 8.44. The van der Waals surface area contributed by atoms with Gasteiger partial charge in [-0.25, -0.2) is 13.2 Å². The van der Waals surface area contributed by atoms with Crippen molar-refractivity contribution in [1.82, 2.24) is 4.31 Å². The second kappa shape index (κ2) is 4.99. The highest BCUT2D eigenvalue weighted by Gasteiger charge is 2.32. The third-order valence-corrected chi connectivity index (χ3v) is 6.33. The maximum Gasteiger partial charge on any atom is 0.347 e. The lowest BCUT2D eigenvalue weighted by molar-refractivity contribution is 0.0698. The Kier molecular flexibility index (Phi) is 3.74. The fourth-order valence-corrected chi connectivity index (χ4v) is 5.24. The number of carboxylic acids is 1. The van der Waals surface area contributed by atoms with Gasteiger partial charge in [0.25, 0.3) is 0 Å². The number of aromatic carboxylic acids is 1. The third-order valence-electron chi connectivity index (χ3n) is 3.03. The summed E-state index contributed by atoms with van der Waals surface area (Å²) in [7, 11) is -3.66. The Morgan fingerprint density at radius 1 is 1.33 bits per heavy atom. The van der Waals surface area contributed by atoms with E-state index in [0.717, 1.165) is 30.6 Å². The predicted molar refractivity (Wildman–Crippen MR) is 68.6 cm³/mol. The molecule has 1 aliphatic heterocycles. The van der Waals surface area contributed by atoms with E-state index in [1.807, 2.05) is 0 Å². The van der Waals surface area contributed by atoms with Crippen LogP contribution in [0, 0.1) is 6.92 Å². The summed E-state index contributed by atoms with van der Waals surface area (Å²) in [6.45, 7) is 2.60. The number of aryl methyl sites for hydroxylation is 1. The zero-order valence-corrected chi connectivity index (χ0v) is 11.7. The fourth-order valence-electron chi connectivity index (χ4n) is 2.14. The lowest BCUT2D eigenvalue weighted by Crippen LogP contribution is -2.36. The molecule has 1 fully saturated rings. The van der Waals surface area contributed by atoms with E-state index in [0.29, 0.717) is 18.7 Å². The molecule has 18 heavy (non-hydrogen) atoms. The van der Waals surface area contributed by atoms with E-state index in [-0.39, 0.29) is 9.77 Å². The molecule has 1 aromatic rings. The zero-order chi connectivity index (χ0) is 13.3. The molecule has 0 aliphatic carbocycles. The van der Waals surface area contributed by atoms with E-state index >= 15 is 0 Å². The summed E-state index contributed by atoms with van der Waals surface area (Å²) in [5.74, 6) is -1.18. The van der Waals surface area contributed by atoms with Gasteiger partial charge in [-0.3, -0.25) is 0 Å². The molecule has 1 saturated heterocycles. The van der Waals surface area contributed by atoms with Gasteiger partial charge in [-0.05, 0) is 30.7 Å². The van der Waals surface area contributed by atoms with Crippen LogP contribution in [-0.2, 0) is 10.0 Å². The first-order valence-electron chi connectivity index (χ1n) is 5.76. The van der Waals surface area contributed by atoms with Gasteiger partial charge in [0.2, 0.25) is 10.0 Å². The number of hydrogen-bond donors (Lipinski definition) is 1. The third kappa shape index (κ3) is 2.30. The van der Waals surface area contributed by atoms with Crippen LogP contribution in [0.25, 0.3) is 0 Å². The molecule has 2 heterocycles. The largest absolute Gasteiger partial charge is 0.477 e. The van der Waals surface area contributed by atoms with E-state index < -0.39 is 16.0 Å². The minimum atomic E-state index is -3.66. The number of thiophene rings is 1. The van der Waals surface area contributed by atoms with Crippen molar-refractivity contribution in [2.24, 2.45) is 0 Å². The van der Waals surface area contributed by atoms with Crippen LogP contribution in [0.4, 0.5) is 0 Å². The van der Waals surface area contributed by atoms with Gasteiger partial charge in [-0.2, -0.15) is 4.31 Å². The van der Waals surface area contributed by atoms with Gasteiger partial charge in [0.15, 0.2) is 0 Å². The quantitative estimate of drug-likeness (QED) is 0.922. The van der Waals surface area contributed by atoms with Crippen molar-refractivity contribution in [3.8, 4) is 0 Å². The molecule has 1 N–H and O–H groups in total. The number of carbonyl (C=O) groups is 1. The monoisotopic (exact) mass is 289 g/mol. The second-order valence-electron chi connectivity index (χ2n) is 4.35. The number of carboxylic acid groups (broad SMARTS) is 1. The first-order valence-corrected chi connectivity index (χ1v) is 8.08. The summed E-state index contributed by atoms with van der Waals surface area (Å²) in [6.07, 6.45) is 2.70. The molecule has 1 aliphatic rings. The van der Waals surface area contributed by atoms with Crippen LogP contribution in [0.1, 0.15) is 34.5 Å². The smallest absolute Gasteiger partial charge is 0.347 e. The molecule has 0 aromatic carbocycles. The van der Waals surface area contributed by atoms with Gasteiger partial charge in [-0.1, -0.05) is 6.42 Å². The molecular formula is C11H15NO4S2. The van der Waals surface area contributed by atoms with Crippen LogP contribution in [0.3, 0.4) is 0 Å². The Bertz CT molecular complexity index is 556. The Labute approximate surface area is 110 Å². The number of hydrogen-bond acceptors (Lipinski definition) is 4. The normalized spacial score (nSPS) is 17.8. The molecular weight excluding hydrogens is 274 g/mol. The van der Waals surface area contributed by atoms with Gasteiger partial charge < -0.3 is 5.11 Å². The Morgan fingerprint density at radius 3 is 2.50 bits per heavy atom. The van der Waals surface area contributed by atoms with Gasteiger partial charge >= 0.3 is 5.97 Å². The van der Waals surface area contributed by atoms with Gasteiger partial charge in [0, 0.05) is 13.1 Å². The second-order valence-corrected chi connectivity index (χ2v) is 7.10. The summed E-state index contributed by atoms with van der Waals surface area (Å²) in [5, 5.41) is 10.7. The van der Waals surface area contributed by atoms with Gasteiger partial charge in [0.05, 0.1) is 0 Å². The standard InChI is InChI=1S/C11H15NO4S2/c1-8-7-17-9(11(13)14)10(8)18(15,16)12-5-3-2-4-6-12/h7H,2-6H2,1H3,(H,13,14). The van der Waals surface area contributed by atoms with Crippen LogP contribution in [0.5, 0.6) is 0 Å². The first kappa shape index (κ1) is 13.5. The van der Waals surface area contributed by atoms with E-state index in [1.54, 1.807) is 12.3 Å². The number of nitrogens with zero attached hydrogens (tertiary/aromatic N) is 1. The Hall–Kier alpha value is -0.920. The van der Waals surface area contributed by atoms with Crippen LogP contribution >= 0.6 is 11.3 Å². The average Bonchev–Trinajstić information content (AvgIpc) is 2.73. The number of piperidine rings is 1.